The van der Waals surface area contributed by atoms with Crippen LogP contribution in [-0.4, -0.2) is 86.0 Å². The Labute approximate surface area is 198 Å². The fourth-order valence-electron chi connectivity index (χ4n) is 4.61. The van der Waals surface area contributed by atoms with Gasteiger partial charge in [0.1, 0.15) is 35.3 Å². The molecular formula is C25H32F2N2O5. The third kappa shape index (κ3) is 6.35. The standard InChI is InChI=1S/C25H32F2N2O5/c1-32-22-4-2-3-21(14-22)29-7-5-24(30,6-8-29)15-28-9-10-33-17-25(31,16-28)18-34-23-12-19(26)11-20(27)13-23/h2-4,11-14,30-31H,5-10,15-18H2,1H3. The van der Waals surface area contributed by atoms with E-state index in [4.69, 9.17) is 14.2 Å². The molecule has 186 valence electrons. The molecule has 0 amide bonds. The summed E-state index contributed by atoms with van der Waals surface area (Å²) in [5.74, 6) is -0.692. The summed E-state index contributed by atoms with van der Waals surface area (Å²) in [7, 11) is 1.64. The maximum atomic E-state index is 13.4. The Morgan fingerprint density at radius 1 is 0.971 bits per heavy atom. The maximum absolute atomic E-state index is 13.4. The first-order valence-corrected chi connectivity index (χ1v) is 11.5. The second-order valence-corrected chi connectivity index (χ2v) is 9.29. The minimum atomic E-state index is -1.38. The van der Waals surface area contributed by atoms with Crippen molar-refractivity contribution in [1.29, 1.82) is 0 Å². The van der Waals surface area contributed by atoms with E-state index in [0.29, 0.717) is 45.6 Å². The molecule has 0 radical (unpaired) electrons. The Morgan fingerprint density at radius 3 is 2.41 bits per heavy atom. The zero-order valence-corrected chi connectivity index (χ0v) is 19.4. The van der Waals surface area contributed by atoms with Crippen molar-refractivity contribution in [2.45, 2.75) is 24.0 Å². The summed E-state index contributed by atoms with van der Waals surface area (Å²) in [5.41, 5.74) is -1.21. The van der Waals surface area contributed by atoms with Crippen LogP contribution >= 0.6 is 0 Å². The van der Waals surface area contributed by atoms with Crippen molar-refractivity contribution < 1.29 is 33.2 Å². The molecule has 0 aromatic heterocycles. The highest BCUT2D eigenvalue weighted by Gasteiger charge is 2.39. The summed E-state index contributed by atoms with van der Waals surface area (Å²) in [6, 6.07) is 10.8. The topological polar surface area (TPSA) is 74.6 Å². The highest BCUT2D eigenvalue weighted by Crippen LogP contribution is 2.30. The first-order chi connectivity index (χ1) is 16.3. The maximum Gasteiger partial charge on any atom is 0.134 e. The molecule has 0 saturated carbocycles. The number of benzene rings is 2. The number of β-amino-alcohol motifs (C(OH)–C–C–N with tert-alkyl or cyclic N) is 2. The van der Waals surface area contributed by atoms with E-state index < -0.39 is 22.8 Å². The van der Waals surface area contributed by atoms with Crippen LogP contribution in [0.2, 0.25) is 0 Å². The highest BCUT2D eigenvalue weighted by molar-refractivity contribution is 5.51. The Bertz CT molecular complexity index is 950. The number of ether oxygens (including phenoxy) is 3. The quantitative estimate of drug-likeness (QED) is 0.633. The Kier molecular flexibility index (Phi) is 7.57. The van der Waals surface area contributed by atoms with E-state index in [1.165, 1.54) is 0 Å². The van der Waals surface area contributed by atoms with E-state index in [1.54, 1.807) is 7.11 Å². The van der Waals surface area contributed by atoms with E-state index in [0.717, 1.165) is 29.6 Å². The van der Waals surface area contributed by atoms with E-state index in [2.05, 4.69) is 4.90 Å². The van der Waals surface area contributed by atoms with Gasteiger partial charge in [-0.2, -0.15) is 0 Å². The van der Waals surface area contributed by atoms with Gasteiger partial charge in [0.15, 0.2) is 0 Å². The molecular weight excluding hydrogens is 446 g/mol. The number of aliphatic hydroxyl groups is 2. The van der Waals surface area contributed by atoms with Gasteiger partial charge < -0.3 is 29.3 Å². The molecule has 0 aliphatic carbocycles. The van der Waals surface area contributed by atoms with Gasteiger partial charge >= 0.3 is 0 Å². The first kappa shape index (κ1) is 24.7. The second kappa shape index (κ2) is 10.4. The molecule has 2 heterocycles. The van der Waals surface area contributed by atoms with Crippen molar-refractivity contribution in [3.8, 4) is 11.5 Å². The summed E-state index contributed by atoms with van der Waals surface area (Å²) in [6.45, 7) is 2.81. The summed E-state index contributed by atoms with van der Waals surface area (Å²) in [4.78, 5) is 4.20. The number of rotatable bonds is 7. The number of methoxy groups -OCH3 is 1. The SMILES string of the molecule is COc1cccc(N2CCC(O)(CN3CCOCC(O)(COc4cc(F)cc(F)c4)C3)CC2)c1. The number of nitrogens with zero attached hydrogens (tertiary/aromatic N) is 2. The van der Waals surface area contributed by atoms with Gasteiger partial charge in [0.2, 0.25) is 0 Å². The molecule has 4 rings (SSSR count). The summed E-state index contributed by atoms with van der Waals surface area (Å²) >= 11 is 0. The van der Waals surface area contributed by atoms with Crippen molar-refractivity contribution in [2.75, 3.05) is 64.6 Å². The van der Waals surface area contributed by atoms with Gasteiger partial charge in [-0.05, 0) is 25.0 Å². The van der Waals surface area contributed by atoms with Gasteiger partial charge in [-0.1, -0.05) is 6.07 Å². The summed E-state index contributed by atoms with van der Waals surface area (Å²) < 4.78 is 43.3. The average Bonchev–Trinajstić information content (AvgIpc) is 2.98. The van der Waals surface area contributed by atoms with Gasteiger partial charge in [-0.15, -0.1) is 0 Å². The molecule has 2 fully saturated rings. The fourth-order valence-corrected chi connectivity index (χ4v) is 4.61. The normalized spacial score (nSPS) is 23.4. The Balaban J connectivity index is 1.34. The molecule has 9 heteroatoms. The number of piperidine rings is 1. The zero-order valence-electron chi connectivity index (χ0n) is 19.4. The molecule has 2 saturated heterocycles. The lowest BCUT2D eigenvalue weighted by Crippen LogP contribution is -2.55. The van der Waals surface area contributed by atoms with Crippen LogP contribution in [0.5, 0.6) is 11.5 Å². The molecule has 2 aliphatic heterocycles. The number of hydrogen-bond donors (Lipinski definition) is 2. The number of hydrogen-bond acceptors (Lipinski definition) is 7. The molecule has 2 N–H and O–H groups in total. The van der Waals surface area contributed by atoms with E-state index in [9.17, 15) is 19.0 Å². The Hall–Kier alpha value is -2.46. The van der Waals surface area contributed by atoms with Gasteiger partial charge in [0.25, 0.3) is 0 Å². The first-order valence-electron chi connectivity index (χ1n) is 11.5. The van der Waals surface area contributed by atoms with Gasteiger partial charge in [-0.25, -0.2) is 8.78 Å². The van der Waals surface area contributed by atoms with Crippen LogP contribution in [0.25, 0.3) is 0 Å². The van der Waals surface area contributed by atoms with E-state index >= 15 is 0 Å². The highest BCUT2D eigenvalue weighted by atomic mass is 19.1. The predicted octanol–water partition coefficient (Wildman–Crippen LogP) is 2.45. The van der Waals surface area contributed by atoms with Gasteiger partial charge in [0.05, 0.1) is 25.9 Å². The molecule has 0 bridgehead atoms. The van der Waals surface area contributed by atoms with Crippen molar-refractivity contribution in [3.63, 3.8) is 0 Å². The minimum Gasteiger partial charge on any atom is -0.497 e. The Morgan fingerprint density at radius 2 is 1.71 bits per heavy atom. The van der Waals surface area contributed by atoms with Crippen LogP contribution < -0.4 is 14.4 Å². The third-order valence-electron chi connectivity index (χ3n) is 6.41. The number of halogens is 2. The predicted molar refractivity (Wildman–Crippen MR) is 123 cm³/mol. The van der Waals surface area contributed by atoms with Crippen LogP contribution in [0.1, 0.15) is 12.8 Å². The van der Waals surface area contributed by atoms with Crippen LogP contribution in [0, 0.1) is 11.6 Å². The van der Waals surface area contributed by atoms with Crippen LogP contribution in [-0.2, 0) is 4.74 Å². The molecule has 0 spiro atoms. The average molecular weight is 479 g/mol. The lowest BCUT2D eigenvalue weighted by Gasteiger charge is -2.42. The zero-order chi connectivity index (χ0) is 24.2. The summed E-state index contributed by atoms with van der Waals surface area (Å²) in [5, 5.41) is 22.4. The van der Waals surface area contributed by atoms with Crippen molar-refractivity contribution in [1.82, 2.24) is 4.90 Å². The van der Waals surface area contributed by atoms with E-state index in [1.807, 2.05) is 29.2 Å². The van der Waals surface area contributed by atoms with Crippen molar-refractivity contribution >= 4 is 5.69 Å². The van der Waals surface area contributed by atoms with Crippen molar-refractivity contribution in [2.24, 2.45) is 0 Å². The lowest BCUT2D eigenvalue weighted by molar-refractivity contribution is -0.0743. The van der Waals surface area contributed by atoms with E-state index in [-0.39, 0.29) is 25.5 Å². The lowest BCUT2D eigenvalue weighted by atomic mass is 9.90. The molecule has 7 nitrogen and oxygen atoms in total. The largest absolute Gasteiger partial charge is 0.497 e. The van der Waals surface area contributed by atoms with Crippen molar-refractivity contribution in [3.05, 3.63) is 54.1 Å². The summed E-state index contributed by atoms with van der Waals surface area (Å²) in [6.07, 6.45) is 1.16. The minimum absolute atomic E-state index is 0.00487. The smallest absolute Gasteiger partial charge is 0.134 e. The molecule has 2 aliphatic rings. The fraction of sp³-hybridized carbons (Fsp3) is 0.520. The molecule has 2 aromatic carbocycles. The third-order valence-corrected chi connectivity index (χ3v) is 6.41. The number of anilines is 1. The molecule has 1 unspecified atom stereocenters. The van der Waals surface area contributed by atoms with Gasteiger partial charge in [-0.3, -0.25) is 4.90 Å². The molecule has 2 aromatic rings. The molecule has 1 atom stereocenters. The van der Waals surface area contributed by atoms with Gasteiger partial charge in [0, 0.05) is 62.7 Å². The van der Waals surface area contributed by atoms with Crippen LogP contribution in [0.3, 0.4) is 0 Å². The van der Waals surface area contributed by atoms with Crippen LogP contribution in [0.4, 0.5) is 14.5 Å². The second-order valence-electron chi connectivity index (χ2n) is 9.29. The van der Waals surface area contributed by atoms with Crippen LogP contribution in [0.15, 0.2) is 42.5 Å². The molecule has 34 heavy (non-hydrogen) atoms. The monoisotopic (exact) mass is 478 g/mol.